The summed E-state index contributed by atoms with van der Waals surface area (Å²) in [6, 6.07) is 25.0. The maximum atomic E-state index is 14.3. The number of carbonyl (C=O) groups is 2. The largest absolute Gasteiger partial charge is 0.463 e. The van der Waals surface area contributed by atoms with E-state index in [1.54, 1.807) is 42.7 Å². The first-order valence-electron chi connectivity index (χ1n) is 15.2. The van der Waals surface area contributed by atoms with Crippen molar-refractivity contribution < 1.29 is 19.1 Å². The topological polar surface area (TPSA) is 91.9 Å². The third kappa shape index (κ3) is 6.12. The van der Waals surface area contributed by atoms with Crippen molar-refractivity contribution >= 4 is 46.6 Å². The fourth-order valence-electron chi connectivity index (χ4n) is 5.83. The van der Waals surface area contributed by atoms with Crippen LogP contribution in [0, 0.1) is 13.8 Å². The van der Waals surface area contributed by atoms with E-state index in [-0.39, 0.29) is 23.7 Å². The number of aromatic nitrogens is 2. The number of rotatable bonds is 8. The number of benzene rings is 3. The summed E-state index contributed by atoms with van der Waals surface area (Å²) in [5, 5.41) is 0.539. The van der Waals surface area contributed by atoms with E-state index in [9.17, 15) is 14.4 Å². The Morgan fingerprint density at radius 1 is 0.915 bits per heavy atom. The molecule has 1 aliphatic rings. The van der Waals surface area contributed by atoms with E-state index in [4.69, 9.17) is 26.1 Å². The number of aryl methyl sites for hydroxylation is 1. The molecule has 0 bridgehead atoms. The van der Waals surface area contributed by atoms with Crippen molar-refractivity contribution in [2.45, 2.75) is 33.7 Å². The molecule has 8 nitrogen and oxygen atoms in total. The average Bonchev–Trinajstić information content (AvgIpc) is 3.54. The van der Waals surface area contributed by atoms with E-state index in [1.165, 1.54) is 11.3 Å². The van der Waals surface area contributed by atoms with Crippen LogP contribution in [0.25, 0.3) is 17.5 Å². The van der Waals surface area contributed by atoms with E-state index in [0.29, 0.717) is 37.8 Å². The van der Waals surface area contributed by atoms with Crippen LogP contribution in [0.2, 0.25) is 5.02 Å². The van der Waals surface area contributed by atoms with Crippen LogP contribution in [0.1, 0.15) is 58.3 Å². The highest BCUT2D eigenvalue weighted by Crippen LogP contribution is 2.35. The van der Waals surface area contributed by atoms with Crippen molar-refractivity contribution in [2.24, 2.45) is 4.99 Å². The van der Waals surface area contributed by atoms with Gasteiger partial charge in [-0.3, -0.25) is 9.36 Å². The second-order valence-corrected chi connectivity index (χ2v) is 12.4. The molecule has 0 aliphatic carbocycles. The minimum Gasteiger partial charge on any atom is -0.463 e. The normalized spacial score (nSPS) is 14.5. The van der Waals surface area contributed by atoms with Crippen molar-refractivity contribution in [2.75, 3.05) is 13.2 Å². The molecule has 0 fully saturated rings. The number of halogens is 1. The van der Waals surface area contributed by atoms with Crippen LogP contribution in [-0.2, 0) is 14.3 Å². The van der Waals surface area contributed by atoms with Crippen molar-refractivity contribution in [1.29, 1.82) is 0 Å². The van der Waals surface area contributed by atoms with E-state index >= 15 is 0 Å². The second-order valence-electron chi connectivity index (χ2n) is 10.9. The summed E-state index contributed by atoms with van der Waals surface area (Å²) >= 11 is 7.51. The van der Waals surface area contributed by atoms with Gasteiger partial charge in [-0.2, -0.15) is 0 Å². The van der Waals surface area contributed by atoms with Crippen molar-refractivity contribution in [3.8, 4) is 5.69 Å². The number of nitrogens with zero attached hydrogens (tertiary/aromatic N) is 3. The summed E-state index contributed by atoms with van der Waals surface area (Å²) in [5.41, 5.74) is 6.01. The first kappa shape index (κ1) is 32.0. The molecule has 0 amide bonds. The Morgan fingerprint density at radius 2 is 1.57 bits per heavy atom. The third-order valence-electron chi connectivity index (χ3n) is 7.95. The molecule has 1 aliphatic heterocycles. The van der Waals surface area contributed by atoms with Crippen LogP contribution >= 0.6 is 22.9 Å². The summed E-state index contributed by atoms with van der Waals surface area (Å²) < 4.78 is 14.8. The predicted molar refractivity (Wildman–Crippen MR) is 184 cm³/mol. The summed E-state index contributed by atoms with van der Waals surface area (Å²) in [7, 11) is 0. The minimum absolute atomic E-state index is 0.170. The Bertz CT molecular complexity index is 2200. The first-order chi connectivity index (χ1) is 22.7. The summed E-state index contributed by atoms with van der Waals surface area (Å²) in [6.07, 6.45) is 1.87. The van der Waals surface area contributed by atoms with E-state index in [1.807, 2.05) is 80.6 Å². The third-order valence-corrected chi connectivity index (χ3v) is 9.19. The number of hydrogen-bond donors (Lipinski definition) is 0. The van der Waals surface area contributed by atoms with Crippen LogP contribution in [0.15, 0.2) is 100 Å². The van der Waals surface area contributed by atoms with Gasteiger partial charge in [0.1, 0.15) is 0 Å². The smallest absolute Gasteiger partial charge is 0.338 e. The number of carbonyl (C=O) groups excluding carboxylic acids is 2. The first-order valence-corrected chi connectivity index (χ1v) is 16.4. The number of thiazole rings is 1. The quantitative estimate of drug-likeness (QED) is 0.185. The van der Waals surface area contributed by atoms with Crippen molar-refractivity contribution in [3.63, 3.8) is 0 Å². The SMILES string of the molecule is CCOC(=O)C1=C(c2ccccc2)N=c2s/c(=C\c3cc(C)n(-c4ccc(C(=O)OCC)cc4)c3C)c(=O)n2[C@H]1c1ccc(Cl)cc1. The Hall–Kier alpha value is -4.99. The lowest BCUT2D eigenvalue weighted by Gasteiger charge is -2.25. The zero-order chi connectivity index (χ0) is 33.2. The van der Waals surface area contributed by atoms with Crippen LogP contribution in [0.5, 0.6) is 0 Å². The Kier molecular flexibility index (Phi) is 9.11. The minimum atomic E-state index is -0.787. The molecule has 238 valence electrons. The van der Waals surface area contributed by atoms with Gasteiger partial charge in [-0.1, -0.05) is 65.4 Å². The van der Waals surface area contributed by atoms with E-state index in [2.05, 4.69) is 4.57 Å². The molecule has 6 rings (SSSR count). The molecule has 1 atom stereocenters. The Morgan fingerprint density at radius 3 is 2.23 bits per heavy atom. The maximum absolute atomic E-state index is 14.3. The molecule has 0 unspecified atom stereocenters. The van der Waals surface area contributed by atoms with Gasteiger partial charge < -0.3 is 14.0 Å². The fourth-order valence-corrected chi connectivity index (χ4v) is 6.95. The number of ether oxygens (including phenoxy) is 2. The molecule has 0 radical (unpaired) electrons. The van der Waals surface area contributed by atoms with Crippen LogP contribution in [0.3, 0.4) is 0 Å². The lowest BCUT2D eigenvalue weighted by Crippen LogP contribution is -2.40. The number of fused-ring (bicyclic) bond motifs is 1. The molecular formula is C37H32ClN3O5S. The Labute approximate surface area is 280 Å². The van der Waals surface area contributed by atoms with Gasteiger partial charge >= 0.3 is 11.9 Å². The van der Waals surface area contributed by atoms with E-state index in [0.717, 1.165) is 28.2 Å². The van der Waals surface area contributed by atoms with Crippen LogP contribution < -0.4 is 14.9 Å². The van der Waals surface area contributed by atoms with Gasteiger partial charge in [-0.15, -0.1) is 0 Å². The molecule has 0 saturated carbocycles. The van der Waals surface area contributed by atoms with Gasteiger partial charge in [-0.25, -0.2) is 14.6 Å². The molecule has 0 N–H and O–H groups in total. The van der Waals surface area contributed by atoms with Crippen molar-refractivity contribution in [3.05, 3.63) is 149 Å². The average molecular weight is 666 g/mol. The number of hydrogen-bond acceptors (Lipinski definition) is 7. The van der Waals surface area contributed by atoms with Gasteiger partial charge in [0.2, 0.25) is 0 Å². The zero-order valence-electron chi connectivity index (χ0n) is 26.3. The predicted octanol–water partition coefficient (Wildman–Crippen LogP) is 6.17. The summed E-state index contributed by atoms with van der Waals surface area (Å²) in [4.78, 5) is 45.5. The van der Waals surface area contributed by atoms with Gasteiger partial charge in [-0.05, 0) is 87.4 Å². The van der Waals surface area contributed by atoms with Gasteiger partial charge in [0.15, 0.2) is 4.80 Å². The standard InChI is InChI=1S/C37H32ClN3O5S/c1-5-45-35(43)26-14-18-29(19-15-26)40-22(3)20-27(23(40)4)21-30-34(42)41-33(25-12-16-28(38)17-13-25)31(36(44)46-6-2)32(39-37(41)47-30)24-10-8-7-9-11-24/h7-21,33H,5-6H2,1-4H3/b30-21-/t33-/m0/s1. The van der Waals surface area contributed by atoms with Crippen LogP contribution in [-0.4, -0.2) is 34.3 Å². The Balaban J connectivity index is 1.52. The highest BCUT2D eigenvalue weighted by atomic mass is 35.5. The highest BCUT2D eigenvalue weighted by Gasteiger charge is 2.35. The molecule has 3 heterocycles. The van der Waals surface area contributed by atoms with E-state index < -0.39 is 12.0 Å². The molecule has 0 saturated heterocycles. The monoisotopic (exact) mass is 665 g/mol. The van der Waals surface area contributed by atoms with Crippen molar-refractivity contribution in [1.82, 2.24) is 9.13 Å². The summed E-state index contributed by atoms with van der Waals surface area (Å²) in [6.45, 7) is 7.98. The highest BCUT2D eigenvalue weighted by molar-refractivity contribution is 7.07. The van der Waals surface area contributed by atoms with Gasteiger partial charge in [0.25, 0.3) is 5.56 Å². The molecule has 5 aromatic rings. The lowest BCUT2D eigenvalue weighted by molar-refractivity contribution is -0.138. The maximum Gasteiger partial charge on any atom is 0.338 e. The molecule has 47 heavy (non-hydrogen) atoms. The molecule has 10 heteroatoms. The molecule has 3 aromatic carbocycles. The molecule has 2 aromatic heterocycles. The van der Waals surface area contributed by atoms with Gasteiger partial charge in [0, 0.05) is 27.7 Å². The van der Waals surface area contributed by atoms with Gasteiger partial charge in [0.05, 0.1) is 40.6 Å². The lowest BCUT2D eigenvalue weighted by atomic mass is 9.93. The fraction of sp³-hybridized carbons (Fsp3) is 0.189. The molecular weight excluding hydrogens is 634 g/mol. The second kappa shape index (κ2) is 13.4. The number of esters is 2. The van der Waals surface area contributed by atoms with Crippen LogP contribution in [0.4, 0.5) is 0 Å². The zero-order valence-corrected chi connectivity index (χ0v) is 27.9. The summed E-state index contributed by atoms with van der Waals surface area (Å²) in [5.74, 6) is -0.906. The molecule has 0 spiro atoms.